The highest BCUT2D eigenvalue weighted by molar-refractivity contribution is 7.91. The zero-order valence-electron chi connectivity index (χ0n) is 13.9. The van der Waals surface area contributed by atoms with Gasteiger partial charge in [-0.3, -0.25) is 4.79 Å². The molecule has 0 saturated carbocycles. The van der Waals surface area contributed by atoms with E-state index in [0.717, 1.165) is 5.69 Å². The maximum atomic E-state index is 12.6. The molecule has 1 atom stereocenters. The SMILES string of the molecule is O=C(N[C@H]1CCS(=O)(=O)c2ccccc21)c1ccc(-n2cccn2)cc1. The Bertz CT molecular complexity index is 1040. The smallest absolute Gasteiger partial charge is 0.251 e. The van der Waals surface area contributed by atoms with Crippen LogP contribution in [0.4, 0.5) is 0 Å². The molecule has 0 saturated heterocycles. The molecule has 26 heavy (non-hydrogen) atoms. The van der Waals surface area contributed by atoms with Gasteiger partial charge in [0.1, 0.15) is 0 Å². The summed E-state index contributed by atoms with van der Waals surface area (Å²) >= 11 is 0. The van der Waals surface area contributed by atoms with Crippen molar-refractivity contribution >= 4 is 15.7 Å². The molecule has 2 aromatic carbocycles. The molecule has 132 valence electrons. The monoisotopic (exact) mass is 367 g/mol. The molecule has 0 radical (unpaired) electrons. The number of carbonyl (C=O) groups is 1. The van der Waals surface area contributed by atoms with Crippen molar-refractivity contribution in [3.63, 3.8) is 0 Å². The Balaban J connectivity index is 1.55. The van der Waals surface area contributed by atoms with Gasteiger partial charge in [0, 0.05) is 18.0 Å². The molecule has 0 bridgehead atoms. The molecule has 1 aliphatic heterocycles. The highest BCUT2D eigenvalue weighted by Gasteiger charge is 2.30. The highest BCUT2D eigenvalue weighted by Crippen LogP contribution is 2.32. The minimum atomic E-state index is -3.27. The number of aromatic nitrogens is 2. The fourth-order valence-electron chi connectivity index (χ4n) is 3.17. The molecule has 0 aliphatic carbocycles. The molecule has 3 aromatic rings. The fourth-order valence-corrected chi connectivity index (χ4v) is 4.79. The van der Waals surface area contributed by atoms with E-state index in [2.05, 4.69) is 10.4 Å². The number of fused-ring (bicyclic) bond motifs is 1. The van der Waals surface area contributed by atoms with Crippen molar-refractivity contribution in [1.82, 2.24) is 15.1 Å². The Morgan fingerprint density at radius 3 is 2.58 bits per heavy atom. The average Bonchev–Trinajstić information content (AvgIpc) is 3.19. The summed E-state index contributed by atoms with van der Waals surface area (Å²) in [7, 11) is -3.27. The quantitative estimate of drug-likeness (QED) is 0.771. The second-order valence-corrected chi connectivity index (χ2v) is 8.25. The number of nitrogens with one attached hydrogen (secondary N) is 1. The standard InChI is InChI=1S/C19H17N3O3S/c23-19(14-6-8-15(9-7-14)22-12-3-11-20-22)21-17-10-13-26(24,25)18-5-2-1-4-16(17)18/h1-9,11-12,17H,10,13H2,(H,21,23)/t17-/m0/s1. The van der Waals surface area contributed by atoms with Gasteiger partial charge in [-0.15, -0.1) is 0 Å². The summed E-state index contributed by atoms with van der Waals surface area (Å²) in [6.07, 6.45) is 3.89. The fraction of sp³-hybridized carbons (Fsp3) is 0.158. The summed E-state index contributed by atoms with van der Waals surface area (Å²) in [5.41, 5.74) is 2.03. The average molecular weight is 367 g/mol. The van der Waals surface area contributed by atoms with Gasteiger partial charge in [0.05, 0.1) is 22.4 Å². The second-order valence-electron chi connectivity index (χ2n) is 6.17. The van der Waals surface area contributed by atoms with Crippen LogP contribution in [0.5, 0.6) is 0 Å². The van der Waals surface area contributed by atoms with E-state index in [0.29, 0.717) is 22.4 Å². The third-order valence-electron chi connectivity index (χ3n) is 4.51. The number of nitrogens with zero attached hydrogens (tertiary/aromatic N) is 2. The van der Waals surface area contributed by atoms with E-state index in [1.807, 2.05) is 24.4 Å². The first-order valence-electron chi connectivity index (χ1n) is 8.27. The van der Waals surface area contributed by atoms with Crippen LogP contribution in [-0.2, 0) is 9.84 Å². The minimum absolute atomic E-state index is 0.0349. The Morgan fingerprint density at radius 1 is 1.08 bits per heavy atom. The van der Waals surface area contributed by atoms with E-state index in [1.165, 1.54) is 0 Å². The predicted molar refractivity (Wildman–Crippen MR) is 96.9 cm³/mol. The van der Waals surface area contributed by atoms with E-state index < -0.39 is 9.84 Å². The van der Waals surface area contributed by atoms with Crippen LogP contribution in [0.2, 0.25) is 0 Å². The third kappa shape index (κ3) is 3.01. The lowest BCUT2D eigenvalue weighted by molar-refractivity contribution is 0.0934. The van der Waals surface area contributed by atoms with Crippen LogP contribution >= 0.6 is 0 Å². The van der Waals surface area contributed by atoms with Crippen LogP contribution < -0.4 is 5.32 Å². The summed E-state index contributed by atoms with van der Waals surface area (Å²) in [6.45, 7) is 0. The number of carbonyl (C=O) groups excluding carboxylic acids is 1. The number of hydrogen-bond acceptors (Lipinski definition) is 4. The number of rotatable bonds is 3. The van der Waals surface area contributed by atoms with Crippen LogP contribution in [0.1, 0.15) is 28.4 Å². The first-order chi connectivity index (χ1) is 12.5. The van der Waals surface area contributed by atoms with Crippen molar-refractivity contribution in [2.45, 2.75) is 17.4 Å². The Morgan fingerprint density at radius 2 is 1.85 bits per heavy atom. The Labute approximate surface area is 151 Å². The zero-order valence-corrected chi connectivity index (χ0v) is 14.7. The topological polar surface area (TPSA) is 81.1 Å². The molecule has 7 heteroatoms. The number of hydrogen-bond donors (Lipinski definition) is 1. The van der Waals surface area contributed by atoms with Crippen LogP contribution in [0.15, 0.2) is 71.9 Å². The first kappa shape index (κ1) is 16.5. The van der Waals surface area contributed by atoms with Crippen molar-refractivity contribution in [3.05, 3.63) is 78.1 Å². The van der Waals surface area contributed by atoms with E-state index >= 15 is 0 Å². The van der Waals surface area contributed by atoms with Crippen LogP contribution in [0.3, 0.4) is 0 Å². The van der Waals surface area contributed by atoms with Gasteiger partial charge in [0.15, 0.2) is 9.84 Å². The normalized spacial score (nSPS) is 18.1. The maximum absolute atomic E-state index is 12.6. The third-order valence-corrected chi connectivity index (χ3v) is 6.32. The molecule has 1 aliphatic rings. The maximum Gasteiger partial charge on any atom is 0.251 e. The van der Waals surface area contributed by atoms with Crippen molar-refractivity contribution < 1.29 is 13.2 Å². The molecule has 1 aromatic heterocycles. The molecule has 0 unspecified atom stereocenters. The molecule has 1 amide bonds. The molecule has 1 N–H and O–H groups in total. The van der Waals surface area contributed by atoms with Crippen molar-refractivity contribution in [1.29, 1.82) is 0 Å². The van der Waals surface area contributed by atoms with Gasteiger partial charge in [0.2, 0.25) is 0 Å². The van der Waals surface area contributed by atoms with Crippen LogP contribution in [0.25, 0.3) is 5.69 Å². The second kappa shape index (κ2) is 6.42. The molecular weight excluding hydrogens is 350 g/mol. The molecule has 0 fully saturated rings. The van der Waals surface area contributed by atoms with Gasteiger partial charge >= 0.3 is 0 Å². The minimum Gasteiger partial charge on any atom is -0.345 e. The summed E-state index contributed by atoms with van der Waals surface area (Å²) < 4.78 is 26.1. The molecule has 6 nitrogen and oxygen atoms in total. The first-order valence-corrected chi connectivity index (χ1v) is 9.92. The van der Waals surface area contributed by atoms with E-state index in [1.54, 1.807) is 47.3 Å². The van der Waals surface area contributed by atoms with Crippen LogP contribution in [0, 0.1) is 0 Å². The van der Waals surface area contributed by atoms with E-state index in [9.17, 15) is 13.2 Å². The lowest BCUT2D eigenvalue weighted by atomic mass is 10.0. The van der Waals surface area contributed by atoms with Gasteiger partial charge in [-0.2, -0.15) is 5.10 Å². The van der Waals surface area contributed by atoms with Gasteiger partial charge in [-0.25, -0.2) is 13.1 Å². The Hall–Kier alpha value is -2.93. The molecular formula is C19H17N3O3S. The molecule has 0 spiro atoms. The summed E-state index contributed by atoms with van der Waals surface area (Å²) in [5, 5.41) is 7.11. The van der Waals surface area contributed by atoms with Crippen molar-refractivity contribution in [2.24, 2.45) is 0 Å². The van der Waals surface area contributed by atoms with Crippen molar-refractivity contribution in [3.8, 4) is 5.69 Å². The van der Waals surface area contributed by atoms with Gasteiger partial charge in [0.25, 0.3) is 5.91 Å². The summed E-state index contributed by atoms with van der Waals surface area (Å²) in [4.78, 5) is 12.9. The predicted octanol–water partition coefficient (Wildman–Crippen LogP) is 2.52. The Kier molecular flexibility index (Phi) is 4.08. The lowest BCUT2D eigenvalue weighted by Crippen LogP contribution is -2.33. The van der Waals surface area contributed by atoms with Gasteiger partial charge in [-0.05, 0) is 48.4 Å². The number of sulfone groups is 1. The van der Waals surface area contributed by atoms with Gasteiger partial charge in [-0.1, -0.05) is 18.2 Å². The summed E-state index contributed by atoms with van der Waals surface area (Å²) in [5.74, 6) is -0.191. The van der Waals surface area contributed by atoms with E-state index in [4.69, 9.17) is 0 Å². The molecule has 4 rings (SSSR count). The van der Waals surface area contributed by atoms with E-state index in [-0.39, 0.29) is 17.7 Å². The van der Waals surface area contributed by atoms with Crippen molar-refractivity contribution in [2.75, 3.05) is 5.75 Å². The summed E-state index contributed by atoms with van der Waals surface area (Å²) in [6, 6.07) is 15.5. The molecule has 2 heterocycles. The lowest BCUT2D eigenvalue weighted by Gasteiger charge is -2.26. The number of amides is 1. The highest BCUT2D eigenvalue weighted by atomic mass is 32.2. The number of benzene rings is 2. The zero-order chi connectivity index (χ0) is 18.1. The van der Waals surface area contributed by atoms with Crippen LogP contribution in [-0.4, -0.2) is 29.9 Å². The largest absolute Gasteiger partial charge is 0.345 e. The van der Waals surface area contributed by atoms with Gasteiger partial charge < -0.3 is 5.32 Å².